The number of amides is 3. The summed E-state index contributed by atoms with van der Waals surface area (Å²) in [7, 11) is -2.30. The van der Waals surface area contributed by atoms with Crippen LogP contribution in [0.2, 0.25) is 5.02 Å². The zero-order chi connectivity index (χ0) is 32.3. The van der Waals surface area contributed by atoms with Gasteiger partial charge in [-0.2, -0.15) is 0 Å². The lowest BCUT2D eigenvalue weighted by Gasteiger charge is -2.34. The van der Waals surface area contributed by atoms with E-state index in [0.29, 0.717) is 33.5 Å². The van der Waals surface area contributed by atoms with Crippen molar-refractivity contribution in [3.8, 4) is 17.2 Å². The third-order valence-electron chi connectivity index (χ3n) is 7.72. The molecule has 2 aliphatic heterocycles. The van der Waals surface area contributed by atoms with Crippen LogP contribution in [0.25, 0.3) is 0 Å². The van der Waals surface area contributed by atoms with E-state index >= 15 is 0 Å². The third kappa shape index (κ3) is 7.55. The SMILES string of the molecule is C[C@H]1CN([C@@H](C)CO)C(=O)Cc2cc(NS(=O)(=O)c3ccc(Cl)cc3)ccc2O[C@@H]1CN(C)C(=O)Nc1ccc2c(c1)OCO2. The Labute approximate surface area is 266 Å². The first kappa shape index (κ1) is 32.2. The van der Waals surface area contributed by atoms with Gasteiger partial charge in [0.05, 0.1) is 30.5 Å². The number of carbonyl (C=O) groups excluding carboxylic acids is 2. The van der Waals surface area contributed by atoms with Gasteiger partial charge in [0.15, 0.2) is 11.5 Å². The van der Waals surface area contributed by atoms with E-state index < -0.39 is 22.2 Å². The van der Waals surface area contributed by atoms with Gasteiger partial charge in [0.2, 0.25) is 12.7 Å². The molecule has 3 aromatic carbocycles. The van der Waals surface area contributed by atoms with Crippen LogP contribution in [0.5, 0.6) is 17.2 Å². The minimum Gasteiger partial charge on any atom is -0.488 e. The summed E-state index contributed by atoms with van der Waals surface area (Å²) >= 11 is 5.91. The number of hydrogen-bond acceptors (Lipinski definition) is 8. The molecule has 3 atom stereocenters. The molecule has 14 heteroatoms. The topological polar surface area (TPSA) is 147 Å². The van der Waals surface area contributed by atoms with Crippen LogP contribution < -0.4 is 24.2 Å². The molecular formula is C31H35ClN4O8S. The number of anilines is 2. The summed E-state index contributed by atoms with van der Waals surface area (Å²) in [6, 6.07) is 14.8. The molecule has 5 rings (SSSR count). The van der Waals surface area contributed by atoms with Gasteiger partial charge in [0.1, 0.15) is 11.9 Å². The normalized spacial score (nSPS) is 18.5. The molecule has 0 fully saturated rings. The number of nitrogens with zero attached hydrogens (tertiary/aromatic N) is 2. The summed E-state index contributed by atoms with van der Waals surface area (Å²) in [6.45, 7) is 3.98. The zero-order valence-corrected chi connectivity index (χ0v) is 26.6. The molecule has 0 aromatic heterocycles. The number of rotatable bonds is 8. The Morgan fingerprint density at radius 2 is 1.76 bits per heavy atom. The first-order valence-corrected chi connectivity index (χ1v) is 16.2. The van der Waals surface area contributed by atoms with Gasteiger partial charge in [-0.15, -0.1) is 0 Å². The summed E-state index contributed by atoms with van der Waals surface area (Å²) < 4.78 is 45.8. The standard InChI is InChI=1S/C31H35ClN4O8S/c1-19-15-36(20(2)17-37)30(38)13-21-12-24(34-45(40,41)25-8-4-22(32)5-9-25)7-10-26(21)44-29(19)16-35(3)31(39)33-23-6-11-27-28(14-23)43-18-42-27/h4-12,14,19-20,29,34,37H,13,15-18H2,1-3H3,(H,33,39)/t19-,20-,29+/m0/s1. The van der Waals surface area contributed by atoms with Crippen molar-refractivity contribution in [2.75, 3.05) is 43.6 Å². The zero-order valence-electron chi connectivity index (χ0n) is 25.0. The van der Waals surface area contributed by atoms with Crippen LogP contribution in [0.1, 0.15) is 19.4 Å². The number of aliphatic hydroxyl groups excluding tert-OH is 1. The summed E-state index contributed by atoms with van der Waals surface area (Å²) in [5.74, 6) is 1.03. The highest BCUT2D eigenvalue weighted by atomic mass is 35.5. The molecule has 2 heterocycles. The van der Waals surface area contributed by atoms with Crippen LogP contribution >= 0.6 is 11.6 Å². The Hall–Kier alpha value is -4.20. The van der Waals surface area contributed by atoms with E-state index in [2.05, 4.69) is 10.0 Å². The van der Waals surface area contributed by atoms with Gasteiger partial charge >= 0.3 is 6.03 Å². The van der Waals surface area contributed by atoms with Gasteiger partial charge in [0.25, 0.3) is 10.0 Å². The van der Waals surface area contributed by atoms with Crippen LogP contribution in [0.4, 0.5) is 16.2 Å². The molecule has 240 valence electrons. The highest BCUT2D eigenvalue weighted by molar-refractivity contribution is 7.92. The first-order valence-electron chi connectivity index (χ1n) is 14.3. The number of carbonyl (C=O) groups is 2. The van der Waals surface area contributed by atoms with Crippen molar-refractivity contribution < 1.29 is 37.3 Å². The fourth-order valence-electron chi connectivity index (χ4n) is 5.08. The number of nitrogens with one attached hydrogen (secondary N) is 2. The van der Waals surface area contributed by atoms with Gasteiger partial charge in [-0.3, -0.25) is 9.52 Å². The highest BCUT2D eigenvalue weighted by Crippen LogP contribution is 2.34. The van der Waals surface area contributed by atoms with Crippen molar-refractivity contribution in [3.63, 3.8) is 0 Å². The van der Waals surface area contributed by atoms with Crippen LogP contribution in [0.15, 0.2) is 65.6 Å². The van der Waals surface area contributed by atoms with Crippen LogP contribution in [-0.4, -0.2) is 80.9 Å². The summed E-state index contributed by atoms with van der Waals surface area (Å²) in [5, 5.41) is 13.2. The lowest BCUT2D eigenvalue weighted by Crippen LogP contribution is -2.48. The number of halogens is 1. The molecule has 0 aliphatic carbocycles. The number of fused-ring (bicyclic) bond motifs is 2. The van der Waals surface area contributed by atoms with Crippen molar-refractivity contribution >= 4 is 44.9 Å². The molecule has 2 aliphatic rings. The highest BCUT2D eigenvalue weighted by Gasteiger charge is 2.32. The quantitative estimate of drug-likeness (QED) is 0.327. The number of ether oxygens (including phenoxy) is 3. The summed E-state index contributed by atoms with van der Waals surface area (Å²) in [5.41, 5.74) is 1.23. The van der Waals surface area contributed by atoms with E-state index in [1.54, 1.807) is 55.3 Å². The molecule has 0 unspecified atom stereocenters. The van der Waals surface area contributed by atoms with Crippen molar-refractivity contribution in [2.24, 2.45) is 5.92 Å². The Morgan fingerprint density at radius 3 is 2.49 bits per heavy atom. The molecule has 3 aromatic rings. The maximum Gasteiger partial charge on any atom is 0.321 e. The fourth-order valence-corrected chi connectivity index (χ4v) is 6.26. The average Bonchev–Trinajstić information content (AvgIpc) is 3.48. The Morgan fingerprint density at radius 1 is 1.07 bits per heavy atom. The number of urea groups is 1. The van der Waals surface area contributed by atoms with Crippen LogP contribution in [-0.2, 0) is 21.2 Å². The van der Waals surface area contributed by atoms with Gasteiger partial charge in [-0.25, -0.2) is 13.2 Å². The molecule has 0 bridgehead atoms. The van der Waals surface area contributed by atoms with E-state index in [-0.39, 0.29) is 61.3 Å². The third-order valence-corrected chi connectivity index (χ3v) is 9.37. The molecule has 3 amide bonds. The van der Waals surface area contributed by atoms with Gasteiger partial charge in [0, 0.05) is 47.5 Å². The molecule has 45 heavy (non-hydrogen) atoms. The second-order valence-electron chi connectivity index (χ2n) is 11.1. The van der Waals surface area contributed by atoms with E-state index in [1.807, 2.05) is 6.92 Å². The first-order chi connectivity index (χ1) is 21.4. The molecule has 0 saturated carbocycles. The van der Waals surface area contributed by atoms with Crippen LogP contribution in [0, 0.1) is 5.92 Å². The largest absolute Gasteiger partial charge is 0.488 e. The second-order valence-corrected chi connectivity index (χ2v) is 13.3. The lowest BCUT2D eigenvalue weighted by atomic mass is 10.0. The van der Waals surface area contributed by atoms with Crippen molar-refractivity contribution in [1.29, 1.82) is 0 Å². The number of likely N-dealkylation sites (N-methyl/N-ethyl adjacent to an activating group) is 1. The molecule has 12 nitrogen and oxygen atoms in total. The maximum absolute atomic E-state index is 13.5. The summed E-state index contributed by atoms with van der Waals surface area (Å²) in [4.78, 5) is 29.8. The molecule has 0 radical (unpaired) electrons. The van der Waals surface area contributed by atoms with E-state index in [9.17, 15) is 23.1 Å². The predicted molar refractivity (Wildman–Crippen MR) is 168 cm³/mol. The summed E-state index contributed by atoms with van der Waals surface area (Å²) in [6.07, 6.45) is -0.650. The fraction of sp³-hybridized carbons (Fsp3) is 0.355. The van der Waals surface area contributed by atoms with Crippen molar-refractivity contribution in [1.82, 2.24) is 9.80 Å². The monoisotopic (exact) mass is 658 g/mol. The van der Waals surface area contributed by atoms with Gasteiger partial charge in [-0.05, 0) is 61.5 Å². The molecule has 3 N–H and O–H groups in total. The minimum atomic E-state index is -3.94. The molecule has 0 spiro atoms. The number of aliphatic hydroxyl groups is 1. The van der Waals surface area contributed by atoms with E-state index in [4.69, 9.17) is 25.8 Å². The number of benzene rings is 3. The maximum atomic E-state index is 13.5. The molecular weight excluding hydrogens is 624 g/mol. The Balaban J connectivity index is 1.38. The molecule has 0 saturated heterocycles. The smallest absolute Gasteiger partial charge is 0.321 e. The number of sulfonamides is 1. The van der Waals surface area contributed by atoms with E-state index in [0.717, 1.165) is 0 Å². The van der Waals surface area contributed by atoms with Crippen molar-refractivity contribution in [3.05, 3.63) is 71.2 Å². The Kier molecular flexibility index (Phi) is 9.61. The Bertz CT molecular complexity index is 1670. The second kappa shape index (κ2) is 13.4. The predicted octanol–water partition coefficient (Wildman–Crippen LogP) is 4.18. The number of hydrogen-bond donors (Lipinski definition) is 3. The van der Waals surface area contributed by atoms with E-state index in [1.165, 1.54) is 29.2 Å². The minimum absolute atomic E-state index is 0.0293. The van der Waals surface area contributed by atoms with Crippen molar-refractivity contribution in [2.45, 2.75) is 37.3 Å². The average molecular weight is 659 g/mol. The lowest BCUT2D eigenvalue weighted by molar-refractivity contribution is -0.134. The van der Waals surface area contributed by atoms with Gasteiger partial charge < -0.3 is 34.4 Å². The van der Waals surface area contributed by atoms with Crippen LogP contribution in [0.3, 0.4) is 0 Å². The van der Waals surface area contributed by atoms with Gasteiger partial charge in [-0.1, -0.05) is 18.5 Å².